The molecule has 2 aromatic carbocycles. The van der Waals surface area contributed by atoms with Gasteiger partial charge in [0.05, 0.1) is 12.5 Å². The van der Waals surface area contributed by atoms with E-state index in [0.717, 1.165) is 22.3 Å². The summed E-state index contributed by atoms with van der Waals surface area (Å²) in [6.45, 7) is 4.22. The molecule has 0 bridgehead atoms. The Morgan fingerprint density at radius 1 is 1.08 bits per heavy atom. The van der Waals surface area contributed by atoms with Crippen LogP contribution >= 0.6 is 0 Å². The second kappa shape index (κ2) is 9.25. The Morgan fingerprint density at radius 3 is 2.44 bits per heavy atom. The Hall–Kier alpha value is -2.31. The van der Waals surface area contributed by atoms with Gasteiger partial charge in [-0.1, -0.05) is 59.7 Å². The van der Waals surface area contributed by atoms with E-state index in [2.05, 4.69) is 5.32 Å². The van der Waals surface area contributed by atoms with E-state index in [-0.39, 0.29) is 6.61 Å². The van der Waals surface area contributed by atoms with Crippen molar-refractivity contribution >= 4 is 13.2 Å². The first-order valence-corrected chi connectivity index (χ1v) is 8.34. The van der Waals surface area contributed by atoms with Gasteiger partial charge in [0.15, 0.2) is 0 Å². The SMILES string of the molecule is Cc1ccc(C[C@H](NC(=O)OCCc2cccc(C)c2)B(O)O)cc1. The van der Waals surface area contributed by atoms with Crippen LogP contribution in [0.4, 0.5) is 4.79 Å². The molecule has 0 aromatic heterocycles. The fraction of sp³-hybridized carbons (Fsp3) is 0.316. The van der Waals surface area contributed by atoms with Crippen LogP contribution in [-0.4, -0.2) is 35.8 Å². The minimum atomic E-state index is -1.66. The molecule has 132 valence electrons. The molecule has 0 spiro atoms. The Bertz CT molecular complexity index is 688. The number of carbonyl (C=O) groups is 1. The third-order valence-electron chi connectivity index (χ3n) is 3.95. The van der Waals surface area contributed by atoms with E-state index < -0.39 is 19.2 Å². The van der Waals surface area contributed by atoms with Crippen LogP contribution in [0.5, 0.6) is 0 Å². The molecule has 5 nitrogen and oxygen atoms in total. The van der Waals surface area contributed by atoms with Gasteiger partial charge in [0.1, 0.15) is 0 Å². The number of carbonyl (C=O) groups excluding carboxylic acids is 1. The number of benzene rings is 2. The minimum absolute atomic E-state index is 0.230. The molecule has 3 N–H and O–H groups in total. The summed E-state index contributed by atoms with van der Waals surface area (Å²) in [7, 11) is -1.66. The van der Waals surface area contributed by atoms with Crippen molar-refractivity contribution in [3.05, 3.63) is 70.8 Å². The molecule has 1 amide bonds. The molecule has 25 heavy (non-hydrogen) atoms. The first-order chi connectivity index (χ1) is 11.9. The van der Waals surface area contributed by atoms with Gasteiger partial charge in [0.25, 0.3) is 0 Å². The van der Waals surface area contributed by atoms with E-state index in [4.69, 9.17) is 4.74 Å². The van der Waals surface area contributed by atoms with Crippen molar-refractivity contribution in [1.82, 2.24) is 5.32 Å². The van der Waals surface area contributed by atoms with Gasteiger partial charge in [-0.2, -0.15) is 0 Å². The van der Waals surface area contributed by atoms with Crippen LogP contribution in [0.1, 0.15) is 22.3 Å². The molecule has 0 saturated carbocycles. The topological polar surface area (TPSA) is 78.8 Å². The summed E-state index contributed by atoms with van der Waals surface area (Å²) in [5.74, 6) is -0.825. The van der Waals surface area contributed by atoms with Crippen LogP contribution < -0.4 is 5.32 Å². The number of alkyl carbamates (subject to hydrolysis) is 1. The van der Waals surface area contributed by atoms with E-state index in [1.165, 1.54) is 0 Å². The maximum Gasteiger partial charge on any atom is 0.475 e. The fourth-order valence-electron chi connectivity index (χ4n) is 2.53. The van der Waals surface area contributed by atoms with Crippen molar-refractivity contribution < 1.29 is 19.6 Å². The second-order valence-electron chi connectivity index (χ2n) is 6.23. The van der Waals surface area contributed by atoms with Gasteiger partial charge < -0.3 is 20.1 Å². The number of hydrogen-bond donors (Lipinski definition) is 3. The molecule has 0 radical (unpaired) electrons. The fourth-order valence-corrected chi connectivity index (χ4v) is 2.53. The normalized spacial score (nSPS) is 11.7. The third-order valence-corrected chi connectivity index (χ3v) is 3.95. The number of aryl methyl sites for hydroxylation is 2. The molecule has 1 atom stereocenters. The first kappa shape index (κ1) is 19.0. The number of rotatable bonds is 7. The van der Waals surface area contributed by atoms with E-state index in [9.17, 15) is 14.8 Å². The molecule has 0 fully saturated rings. The van der Waals surface area contributed by atoms with Gasteiger partial charge in [-0.15, -0.1) is 0 Å². The Kier molecular flexibility index (Phi) is 7.04. The predicted octanol–water partition coefficient (Wildman–Crippen LogP) is 2.20. The Balaban J connectivity index is 1.82. The summed E-state index contributed by atoms with van der Waals surface area (Å²) < 4.78 is 5.15. The zero-order valence-corrected chi connectivity index (χ0v) is 14.6. The van der Waals surface area contributed by atoms with Gasteiger partial charge in [0, 0.05) is 6.42 Å². The summed E-state index contributed by atoms with van der Waals surface area (Å²) >= 11 is 0. The summed E-state index contributed by atoms with van der Waals surface area (Å²) in [6.07, 6.45) is 0.266. The lowest BCUT2D eigenvalue weighted by molar-refractivity contribution is 0.144. The Morgan fingerprint density at radius 2 is 1.80 bits per heavy atom. The van der Waals surface area contributed by atoms with Crippen LogP contribution in [0.25, 0.3) is 0 Å². The minimum Gasteiger partial charge on any atom is -0.449 e. The van der Waals surface area contributed by atoms with Crippen molar-refractivity contribution in [2.45, 2.75) is 32.6 Å². The maximum atomic E-state index is 11.9. The van der Waals surface area contributed by atoms with Crippen molar-refractivity contribution in [2.24, 2.45) is 0 Å². The van der Waals surface area contributed by atoms with E-state index in [0.29, 0.717) is 12.8 Å². The zero-order valence-electron chi connectivity index (χ0n) is 14.6. The number of hydrogen-bond acceptors (Lipinski definition) is 4. The van der Waals surface area contributed by atoms with Crippen LogP contribution in [0, 0.1) is 13.8 Å². The summed E-state index contributed by atoms with van der Waals surface area (Å²) in [5, 5.41) is 21.5. The average molecular weight is 341 g/mol. The smallest absolute Gasteiger partial charge is 0.449 e. The highest BCUT2D eigenvalue weighted by atomic mass is 16.5. The van der Waals surface area contributed by atoms with Gasteiger partial charge in [-0.3, -0.25) is 0 Å². The van der Waals surface area contributed by atoms with Crippen molar-refractivity contribution in [3.63, 3.8) is 0 Å². The quantitative estimate of drug-likeness (QED) is 0.675. The predicted molar refractivity (Wildman–Crippen MR) is 98.2 cm³/mol. The van der Waals surface area contributed by atoms with E-state index >= 15 is 0 Å². The lowest BCUT2D eigenvalue weighted by atomic mass is 9.76. The van der Waals surface area contributed by atoms with E-state index in [1.54, 1.807) is 0 Å². The lowest BCUT2D eigenvalue weighted by Gasteiger charge is -2.18. The van der Waals surface area contributed by atoms with Crippen LogP contribution in [0.15, 0.2) is 48.5 Å². The standard InChI is InChI=1S/C19H24BNO4/c1-14-6-8-17(9-7-14)13-18(20(23)24)21-19(22)25-11-10-16-5-3-4-15(2)12-16/h3-9,12,18,23-24H,10-11,13H2,1-2H3,(H,21,22)/t18-/m0/s1. The largest absolute Gasteiger partial charge is 0.475 e. The third kappa shape index (κ3) is 6.60. The molecule has 2 aromatic rings. The van der Waals surface area contributed by atoms with Crippen LogP contribution in [0.2, 0.25) is 0 Å². The number of ether oxygens (including phenoxy) is 1. The molecule has 0 heterocycles. The molecular weight excluding hydrogens is 317 g/mol. The molecular formula is C19H24BNO4. The summed E-state index contributed by atoms with van der Waals surface area (Å²) in [4.78, 5) is 11.9. The first-order valence-electron chi connectivity index (χ1n) is 8.34. The molecule has 6 heteroatoms. The molecule has 2 rings (SSSR count). The zero-order chi connectivity index (χ0) is 18.2. The van der Waals surface area contributed by atoms with Gasteiger partial charge in [-0.25, -0.2) is 4.79 Å². The second-order valence-corrected chi connectivity index (χ2v) is 6.23. The summed E-state index contributed by atoms with van der Waals surface area (Å²) in [6, 6.07) is 15.7. The lowest BCUT2D eigenvalue weighted by Crippen LogP contribution is -2.48. The molecule has 0 aliphatic heterocycles. The van der Waals surface area contributed by atoms with Gasteiger partial charge in [-0.05, 0) is 31.4 Å². The molecule has 0 aliphatic carbocycles. The average Bonchev–Trinajstić information content (AvgIpc) is 2.56. The maximum absolute atomic E-state index is 11.9. The summed E-state index contributed by atoms with van der Waals surface area (Å²) in [5.41, 5.74) is 4.27. The van der Waals surface area contributed by atoms with Gasteiger partial charge in [0.2, 0.25) is 0 Å². The van der Waals surface area contributed by atoms with Crippen LogP contribution in [-0.2, 0) is 17.6 Å². The Labute approximate surface area is 148 Å². The highest BCUT2D eigenvalue weighted by Gasteiger charge is 2.26. The molecule has 0 aliphatic rings. The number of amides is 1. The van der Waals surface area contributed by atoms with Crippen LogP contribution in [0.3, 0.4) is 0 Å². The van der Waals surface area contributed by atoms with Crippen molar-refractivity contribution in [1.29, 1.82) is 0 Å². The highest BCUT2D eigenvalue weighted by Crippen LogP contribution is 2.08. The molecule has 0 saturated heterocycles. The van der Waals surface area contributed by atoms with Crippen molar-refractivity contribution in [3.8, 4) is 0 Å². The monoisotopic (exact) mass is 341 g/mol. The molecule has 0 unspecified atom stereocenters. The van der Waals surface area contributed by atoms with Crippen molar-refractivity contribution in [2.75, 3.05) is 6.61 Å². The van der Waals surface area contributed by atoms with Gasteiger partial charge >= 0.3 is 13.2 Å². The highest BCUT2D eigenvalue weighted by molar-refractivity contribution is 6.43. The van der Waals surface area contributed by atoms with E-state index in [1.807, 2.05) is 62.4 Å². The number of nitrogens with one attached hydrogen (secondary N) is 1.